The SMILES string of the molecule is CCCc1ccc([C@H]2CC[C@H](C=CC#Cc3ccc(OC(F)(F)F)cc3)CC2)cc1. The van der Waals surface area contributed by atoms with Gasteiger partial charge in [0.05, 0.1) is 0 Å². The molecule has 0 aromatic heterocycles. The first kappa shape index (κ1) is 22.0. The zero-order valence-corrected chi connectivity index (χ0v) is 17.2. The van der Waals surface area contributed by atoms with Gasteiger partial charge < -0.3 is 4.74 Å². The van der Waals surface area contributed by atoms with Gasteiger partial charge in [0.1, 0.15) is 5.75 Å². The van der Waals surface area contributed by atoms with Crippen LogP contribution in [0, 0.1) is 17.8 Å². The number of aryl methyl sites for hydroxylation is 1. The van der Waals surface area contributed by atoms with Crippen LogP contribution < -0.4 is 4.74 Å². The average molecular weight is 412 g/mol. The molecule has 1 nitrogen and oxygen atoms in total. The molecule has 0 amide bonds. The van der Waals surface area contributed by atoms with Crippen LogP contribution in [0.25, 0.3) is 0 Å². The first-order valence-electron chi connectivity index (χ1n) is 10.6. The molecule has 1 fully saturated rings. The van der Waals surface area contributed by atoms with Crippen molar-refractivity contribution in [1.29, 1.82) is 0 Å². The highest BCUT2D eigenvalue weighted by atomic mass is 19.4. The Bertz CT molecular complexity index is 875. The Labute approximate surface area is 177 Å². The first-order chi connectivity index (χ1) is 14.4. The molecule has 2 aromatic carbocycles. The highest BCUT2D eigenvalue weighted by Gasteiger charge is 2.30. The number of benzene rings is 2. The third kappa shape index (κ3) is 6.99. The lowest BCUT2D eigenvalue weighted by Gasteiger charge is -2.27. The maximum Gasteiger partial charge on any atom is 0.573 e. The van der Waals surface area contributed by atoms with Gasteiger partial charge in [-0.25, -0.2) is 0 Å². The third-order valence-electron chi connectivity index (χ3n) is 5.52. The average Bonchev–Trinajstić information content (AvgIpc) is 2.73. The van der Waals surface area contributed by atoms with Crippen molar-refractivity contribution in [2.75, 3.05) is 0 Å². The molecule has 158 valence electrons. The van der Waals surface area contributed by atoms with Gasteiger partial charge >= 0.3 is 6.36 Å². The monoisotopic (exact) mass is 412 g/mol. The minimum Gasteiger partial charge on any atom is -0.406 e. The second kappa shape index (κ2) is 10.4. The molecule has 0 radical (unpaired) electrons. The highest BCUT2D eigenvalue weighted by molar-refractivity contribution is 5.40. The predicted octanol–water partition coefficient (Wildman–Crippen LogP) is 7.42. The van der Waals surface area contributed by atoms with Gasteiger partial charge in [-0.15, -0.1) is 13.2 Å². The van der Waals surface area contributed by atoms with E-state index in [4.69, 9.17) is 0 Å². The number of hydrogen-bond acceptors (Lipinski definition) is 1. The Morgan fingerprint density at radius 2 is 1.63 bits per heavy atom. The van der Waals surface area contributed by atoms with Gasteiger partial charge in [0.15, 0.2) is 0 Å². The number of ether oxygens (including phenoxy) is 1. The van der Waals surface area contributed by atoms with Gasteiger partial charge in [-0.3, -0.25) is 0 Å². The number of alkyl halides is 3. The molecule has 0 aliphatic heterocycles. The minimum absolute atomic E-state index is 0.236. The van der Waals surface area contributed by atoms with E-state index >= 15 is 0 Å². The topological polar surface area (TPSA) is 9.23 Å². The lowest BCUT2D eigenvalue weighted by molar-refractivity contribution is -0.274. The summed E-state index contributed by atoms with van der Waals surface area (Å²) < 4.78 is 40.4. The summed E-state index contributed by atoms with van der Waals surface area (Å²) in [5.74, 6) is 6.89. The number of halogens is 3. The number of allylic oxidation sites excluding steroid dienone is 2. The van der Waals surface area contributed by atoms with E-state index in [1.54, 1.807) is 0 Å². The lowest BCUT2D eigenvalue weighted by Crippen LogP contribution is -2.16. The highest BCUT2D eigenvalue weighted by Crippen LogP contribution is 2.36. The molecule has 1 aliphatic carbocycles. The molecule has 4 heteroatoms. The van der Waals surface area contributed by atoms with E-state index in [1.807, 2.05) is 6.08 Å². The van der Waals surface area contributed by atoms with Crippen molar-refractivity contribution in [3.05, 3.63) is 77.4 Å². The van der Waals surface area contributed by atoms with Gasteiger partial charge in [0.2, 0.25) is 0 Å². The van der Waals surface area contributed by atoms with Gasteiger partial charge in [-0.2, -0.15) is 0 Å². The van der Waals surface area contributed by atoms with Crippen LogP contribution in [0.5, 0.6) is 5.75 Å². The van der Waals surface area contributed by atoms with E-state index in [-0.39, 0.29) is 5.75 Å². The first-order valence-corrected chi connectivity index (χ1v) is 10.6. The summed E-state index contributed by atoms with van der Waals surface area (Å²) in [6, 6.07) is 14.7. The Hall–Kier alpha value is -2.67. The molecule has 3 rings (SSSR count). The summed E-state index contributed by atoms with van der Waals surface area (Å²) in [7, 11) is 0. The van der Waals surface area contributed by atoms with Crippen LogP contribution in [0.2, 0.25) is 0 Å². The molecule has 2 aromatic rings. The van der Waals surface area contributed by atoms with E-state index in [2.05, 4.69) is 53.8 Å². The maximum absolute atomic E-state index is 12.2. The Morgan fingerprint density at radius 1 is 0.967 bits per heavy atom. The van der Waals surface area contributed by atoms with Crippen LogP contribution in [-0.2, 0) is 6.42 Å². The molecule has 0 spiro atoms. The summed E-state index contributed by atoms with van der Waals surface area (Å²) in [6.45, 7) is 2.20. The van der Waals surface area contributed by atoms with Crippen LogP contribution in [-0.4, -0.2) is 6.36 Å². The molecule has 0 N–H and O–H groups in total. The molecule has 0 heterocycles. The predicted molar refractivity (Wildman–Crippen MR) is 114 cm³/mol. The molecule has 0 saturated heterocycles. The summed E-state index contributed by atoms with van der Waals surface area (Å²) in [6.07, 6.45) is 6.37. The normalized spacial score (nSPS) is 19.3. The summed E-state index contributed by atoms with van der Waals surface area (Å²) in [5, 5.41) is 0. The van der Waals surface area contributed by atoms with Crippen LogP contribution in [0.1, 0.15) is 61.6 Å². The number of hydrogen-bond donors (Lipinski definition) is 0. The number of rotatable bonds is 5. The van der Waals surface area contributed by atoms with Crippen LogP contribution in [0.4, 0.5) is 13.2 Å². The zero-order valence-electron chi connectivity index (χ0n) is 17.2. The second-order valence-electron chi connectivity index (χ2n) is 7.80. The van der Waals surface area contributed by atoms with E-state index < -0.39 is 6.36 Å². The Morgan fingerprint density at radius 3 is 2.23 bits per heavy atom. The molecule has 0 atom stereocenters. The van der Waals surface area contributed by atoms with Crippen LogP contribution >= 0.6 is 0 Å². The van der Waals surface area contributed by atoms with Crippen molar-refractivity contribution in [1.82, 2.24) is 0 Å². The molecule has 30 heavy (non-hydrogen) atoms. The quantitative estimate of drug-likeness (QED) is 0.464. The van der Waals surface area contributed by atoms with Crippen molar-refractivity contribution in [3.8, 4) is 17.6 Å². The summed E-state index contributed by atoms with van der Waals surface area (Å²) in [5.41, 5.74) is 3.53. The van der Waals surface area contributed by atoms with Crippen molar-refractivity contribution in [2.45, 2.75) is 57.7 Å². The third-order valence-corrected chi connectivity index (χ3v) is 5.52. The molecule has 1 saturated carbocycles. The molecule has 0 bridgehead atoms. The van der Waals surface area contributed by atoms with Crippen molar-refractivity contribution < 1.29 is 17.9 Å². The van der Waals surface area contributed by atoms with Gasteiger partial charge in [-0.05, 0) is 85.4 Å². The molecule has 0 unspecified atom stereocenters. The van der Waals surface area contributed by atoms with Crippen LogP contribution in [0.3, 0.4) is 0 Å². The fraction of sp³-hybridized carbons (Fsp3) is 0.385. The van der Waals surface area contributed by atoms with Gasteiger partial charge in [0.25, 0.3) is 0 Å². The van der Waals surface area contributed by atoms with E-state index in [0.29, 0.717) is 17.4 Å². The minimum atomic E-state index is -4.67. The molecular formula is C26H27F3O. The Balaban J connectivity index is 1.46. The largest absolute Gasteiger partial charge is 0.573 e. The fourth-order valence-corrected chi connectivity index (χ4v) is 3.94. The molecular weight excluding hydrogens is 385 g/mol. The van der Waals surface area contributed by atoms with Crippen LogP contribution in [0.15, 0.2) is 60.7 Å². The fourth-order valence-electron chi connectivity index (χ4n) is 3.94. The van der Waals surface area contributed by atoms with Crippen molar-refractivity contribution in [3.63, 3.8) is 0 Å². The zero-order chi connectivity index (χ0) is 21.4. The van der Waals surface area contributed by atoms with Crippen molar-refractivity contribution in [2.24, 2.45) is 5.92 Å². The van der Waals surface area contributed by atoms with Crippen molar-refractivity contribution >= 4 is 0 Å². The van der Waals surface area contributed by atoms with E-state index in [9.17, 15) is 13.2 Å². The van der Waals surface area contributed by atoms with E-state index in [0.717, 1.165) is 19.3 Å². The standard InChI is InChI=1S/C26H27F3O/c1-2-5-20-8-14-23(15-9-20)24-16-10-21(11-17-24)6-3-4-7-22-12-18-25(19-13-22)30-26(27,28)29/h3,6,8-9,12-15,18-19,21,24H,2,5,10-11,16-17H2,1H3/t21-,24-. The Kier molecular flexibility index (Phi) is 7.63. The summed E-state index contributed by atoms with van der Waals surface area (Å²) in [4.78, 5) is 0. The summed E-state index contributed by atoms with van der Waals surface area (Å²) >= 11 is 0. The smallest absolute Gasteiger partial charge is 0.406 e. The second-order valence-corrected chi connectivity index (χ2v) is 7.80. The lowest BCUT2D eigenvalue weighted by atomic mass is 9.78. The van der Waals surface area contributed by atoms with Gasteiger partial charge in [-0.1, -0.05) is 55.5 Å². The maximum atomic E-state index is 12.2. The molecule has 1 aliphatic rings. The van der Waals surface area contributed by atoms with E-state index in [1.165, 1.54) is 54.7 Å². The van der Waals surface area contributed by atoms with Gasteiger partial charge in [0, 0.05) is 5.56 Å².